The smallest absolute Gasteiger partial charge is 0.386 e. The normalized spacial score (nSPS) is 18.0. The molecule has 3 aliphatic rings. The van der Waals surface area contributed by atoms with Gasteiger partial charge in [0.05, 0.1) is 34.4 Å². The molecule has 2 saturated heterocycles. The van der Waals surface area contributed by atoms with Gasteiger partial charge in [0.25, 0.3) is 0 Å². The molecule has 0 bridgehead atoms. The Morgan fingerprint density at radius 2 is 1.77 bits per heavy atom. The van der Waals surface area contributed by atoms with E-state index in [9.17, 15) is 27.6 Å². The van der Waals surface area contributed by atoms with E-state index in [1.807, 2.05) is 28.5 Å². The number of aromatic nitrogens is 1. The topological polar surface area (TPSA) is 101 Å². The Hall–Kier alpha value is -4.04. The zero-order valence-corrected chi connectivity index (χ0v) is 28.0. The van der Waals surface area contributed by atoms with Crippen LogP contribution in [0.25, 0.3) is 0 Å². The lowest BCUT2D eigenvalue weighted by atomic mass is 9.91. The highest BCUT2D eigenvalue weighted by Gasteiger charge is 2.38. The first-order chi connectivity index (χ1) is 23.0. The number of nitrogens with zero attached hydrogens (tertiary/aromatic N) is 5. The molecule has 2 N–H and O–H groups in total. The molecule has 4 amide bonds. The molecule has 0 unspecified atom stereocenters. The maximum absolute atomic E-state index is 14.0. The number of piperazine rings is 1. The fourth-order valence-electron chi connectivity index (χ4n) is 6.84. The molecule has 5 heterocycles. The van der Waals surface area contributed by atoms with Crippen molar-refractivity contribution in [3.05, 3.63) is 69.1 Å². The Balaban J connectivity index is 1.16. The number of rotatable bonds is 8. The third-order valence-corrected chi connectivity index (χ3v) is 10.6. The third-order valence-electron chi connectivity index (χ3n) is 9.40. The number of likely N-dealkylation sites (tertiary alicyclic amines) is 1. The number of fused-ring (bicyclic) bond motifs is 1. The zero-order valence-electron chi connectivity index (χ0n) is 26.4. The fraction of sp³-hybridized carbons (Fsp3) is 0.455. The van der Waals surface area contributed by atoms with E-state index in [2.05, 4.69) is 20.5 Å². The lowest BCUT2D eigenvalue weighted by Gasteiger charge is -2.40. The summed E-state index contributed by atoms with van der Waals surface area (Å²) in [5, 5.41) is 7.30. The summed E-state index contributed by atoms with van der Waals surface area (Å²) in [6.07, 6.45) is -0.303. The third kappa shape index (κ3) is 7.34. The van der Waals surface area contributed by atoms with Gasteiger partial charge in [-0.1, -0.05) is 11.6 Å². The number of alkyl halides is 3. The van der Waals surface area contributed by atoms with E-state index in [1.165, 1.54) is 13.1 Å². The minimum Gasteiger partial charge on any atom is -0.386 e. The number of hydrogen-bond donors (Lipinski definition) is 2. The van der Waals surface area contributed by atoms with Gasteiger partial charge in [0.2, 0.25) is 11.8 Å². The van der Waals surface area contributed by atoms with Gasteiger partial charge in [-0.2, -0.15) is 13.2 Å². The summed E-state index contributed by atoms with van der Waals surface area (Å²) in [5.74, 6) is -1.39. The molecular formula is C33H37ClF3N7O3S. The number of nitrogens with one attached hydrogen (secondary N) is 2. The molecular weight excluding hydrogens is 667 g/mol. The van der Waals surface area contributed by atoms with Crippen LogP contribution in [0.5, 0.6) is 0 Å². The highest BCUT2D eigenvalue weighted by atomic mass is 35.5. The summed E-state index contributed by atoms with van der Waals surface area (Å²) in [5.41, 5.74) is 0.904. The molecule has 0 radical (unpaired) electrons. The SMILES string of the molecule is CNc1c(Cl)cc(C[C@@H](CC(=O)N2CCC(N3Cc4sccc4NC3=O)CC2)C(=O)N2CCN(c3ccncc3)CC2)cc1C(F)(F)F. The second kappa shape index (κ2) is 14.2. The Bertz CT molecular complexity index is 1640. The summed E-state index contributed by atoms with van der Waals surface area (Å²) in [6.45, 7) is 3.32. The van der Waals surface area contributed by atoms with E-state index in [4.69, 9.17) is 11.6 Å². The van der Waals surface area contributed by atoms with E-state index in [-0.39, 0.29) is 53.0 Å². The maximum Gasteiger partial charge on any atom is 0.418 e. The van der Waals surface area contributed by atoms with Crippen molar-refractivity contribution in [1.29, 1.82) is 0 Å². The average Bonchev–Trinajstić information content (AvgIpc) is 3.54. The molecule has 48 heavy (non-hydrogen) atoms. The minimum absolute atomic E-state index is 0.0351. The van der Waals surface area contributed by atoms with E-state index >= 15 is 0 Å². The van der Waals surface area contributed by atoms with Crippen LogP contribution >= 0.6 is 22.9 Å². The van der Waals surface area contributed by atoms with Crippen molar-refractivity contribution in [1.82, 2.24) is 19.7 Å². The van der Waals surface area contributed by atoms with Crippen molar-refractivity contribution in [3.63, 3.8) is 0 Å². The summed E-state index contributed by atoms with van der Waals surface area (Å²) < 4.78 is 42.0. The molecule has 3 aliphatic heterocycles. The lowest BCUT2D eigenvalue weighted by Crippen LogP contribution is -2.52. The molecule has 0 spiro atoms. The molecule has 3 aromatic rings. The summed E-state index contributed by atoms with van der Waals surface area (Å²) in [7, 11) is 1.37. The number of carbonyl (C=O) groups is 3. The number of benzene rings is 1. The monoisotopic (exact) mass is 703 g/mol. The minimum atomic E-state index is -4.67. The molecule has 2 fully saturated rings. The fourth-order valence-corrected chi connectivity index (χ4v) is 8.00. The number of anilines is 3. The predicted molar refractivity (Wildman–Crippen MR) is 179 cm³/mol. The quantitative estimate of drug-likeness (QED) is 0.308. The molecule has 1 aromatic carbocycles. The molecule has 10 nitrogen and oxygen atoms in total. The summed E-state index contributed by atoms with van der Waals surface area (Å²) >= 11 is 7.88. The van der Waals surface area contributed by atoms with Gasteiger partial charge in [-0.25, -0.2) is 4.79 Å². The molecule has 6 rings (SSSR count). The van der Waals surface area contributed by atoms with Crippen LogP contribution in [0.2, 0.25) is 5.02 Å². The Kier molecular flexibility index (Phi) is 10.0. The maximum atomic E-state index is 14.0. The largest absolute Gasteiger partial charge is 0.418 e. The van der Waals surface area contributed by atoms with E-state index < -0.39 is 17.7 Å². The van der Waals surface area contributed by atoms with Crippen LogP contribution in [-0.2, 0) is 28.7 Å². The number of pyridine rings is 1. The Morgan fingerprint density at radius 1 is 1.06 bits per heavy atom. The van der Waals surface area contributed by atoms with Crippen LogP contribution < -0.4 is 15.5 Å². The van der Waals surface area contributed by atoms with Gasteiger partial charge in [0.1, 0.15) is 0 Å². The predicted octanol–water partition coefficient (Wildman–Crippen LogP) is 5.79. The van der Waals surface area contributed by atoms with E-state index in [0.717, 1.165) is 22.3 Å². The number of thiophene rings is 1. The molecule has 2 aromatic heterocycles. The first kappa shape index (κ1) is 33.8. The lowest BCUT2D eigenvalue weighted by molar-refractivity contribution is -0.142. The summed E-state index contributed by atoms with van der Waals surface area (Å²) in [4.78, 5) is 53.0. The van der Waals surface area contributed by atoms with Crippen molar-refractivity contribution in [2.45, 2.75) is 44.4 Å². The number of carbonyl (C=O) groups excluding carboxylic acids is 3. The van der Waals surface area contributed by atoms with Gasteiger partial charge in [0, 0.05) is 81.7 Å². The van der Waals surface area contributed by atoms with Crippen molar-refractivity contribution < 1.29 is 27.6 Å². The van der Waals surface area contributed by atoms with Crippen molar-refractivity contribution in [3.8, 4) is 0 Å². The second-order valence-corrected chi connectivity index (χ2v) is 13.7. The Labute approximate surface area is 285 Å². The van der Waals surface area contributed by atoms with Crippen LogP contribution in [0.15, 0.2) is 48.1 Å². The number of urea groups is 1. The van der Waals surface area contributed by atoms with Gasteiger partial charge in [-0.15, -0.1) is 11.3 Å². The standard InChI is InChI=1S/C33H37ClF3N7O3S/c1-38-30-25(33(35,36)37)17-21(18-26(30)34)16-22(31(46)43-13-11-41(12-14-43)23-2-7-39-8-3-23)19-29(45)42-9-4-24(5-10-42)44-20-28-27(6-15-48-28)40-32(44)47/h2-3,6-8,15,17-18,22,24,38H,4-5,9-14,16,19-20H2,1H3,(H,40,47)/t22-/m0/s1. The Morgan fingerprint density at radius 3 is 2.44 bits per heavy atom. The highest BCUT2D eigenvalue weighted by Crippen LogP contribution is 2.40. The van der Waals surface area contributed by atoms with E-state index in [0.29, 0.717) is 58.7 Å². The van der Waals surface area contributed by atoms with Gasteiger partial charge in [0.15, 0.2) is 0 Å². The van der Waals surface area contributed by atoms with Crippen LogP contribution in [0.3, 0.4) is 0 Å². The number of halogens is 4. The van der Waals surface area contributed by atoms with Gasteiger partial charge in [-0.3, -0.25) is 14.6 Å². The van der Waals surface area contributed by atoms with E-state index in [1.54, 1.807) is 33.5 Å². The first-order valence-corrected chi connectivity index (χ1v) is 17.2. The second-order valence-electron chi connectivity index (χ2n) is 12.3. The summed E-state index contributed by atoms with van der Waals surface area (Å²) in [6, 6.07) is 7.95. The van der Waals surface area contributed by atoms with Crippen molar-refractivity contribution in [2.24, 2.45) is 5.92 Å². The molecule has 15 heteroatoms. The molecule has 1 atom stereocenters. The van der Waals surface area contributed by atoms with Crippen LogP contribution in [0.1, 0.15) is 35.3 Å². The van der Waals surface area contributed by atoms with Gasteiger partial charge < -0.3 is 30.2 Å². The first-order valence-electron chi connectivity index (χ1n) is 15.9. The number of hydrogen-bond acceptors (Lipinski definition) is 7. The van der Waals surface area contributed by atoms with Crippen molar-refractivity contribution in [2.75, 3.05) is 61.8 Å². The van der Waals surface area contributed by atoms with Crippen LogP contribution in [-0.4, -0.2) is 89.9 Å². The van der Waals surface area contributed by atoms with Crippen molar-refractivity contribution >= 4 is 57.8 Å². The van der Waals surface area contributed by atoms with Crippen LogP contribution in [0, 0.1) is 5.92 Å². The van der Waals surface area contributed by atoms with Crippen LogP contribution in [0.4, 0.5) is 35.0 Å². The molecule has 0 saturated carbocycles. The highest BCUT2D eigenvalue weighted by molar-refractivity contribution is 7.10. The molecule has 256 valence electrons. The number of amides is 4. The molecule has 0 aliphatic carbocycles. The zero-order chi connectivity index (χ0) is 34.0. The number of piperidine rings is 1. The van der Waals surface area contributed by atoms with Gasteiger partial charge >= 0.3 is 12.2 Å². The average molecular weight is 704 g/mol. The van der Waals surface area contributed by atoms with Gasteiger partial charge in [-0.05, 0) is 60.5 Å².